The van der Waals surface area contributed by atoms with Crippen molar-refractivity contribution in [2.24, 2.45) is 5.92 Å². The monoisotopic (exact) mass is 263 g/mol. The van der Waals surface area contributed by atoms with Gasteiger partial charge in [0.2, 0.25) is 5.91 Å². The number of aryl methyl sites for hydroxylation is 1. The number of carbonyl (C=O) groups excluding carboxylic acids is 1. The summed E-state index contributed by atoms with van der Waals surface area (Å²) in [4.78, 5) is 22.8. The van der Waals surface area contributed by atoms with E-state index in [0.717, 1.165) is 19.3 Å². The molecule has 0 saturated heterocycles. The molecule has 1 aromatic rings. The number of carboxylic acid groups (broad SMARTS) is 1. The lowest BCUT2D eigenvalue weighted by Gasteiger charge is -2.16. The van der Waals surface area contributed by atoms with Crippen molar-refractivity contribution in [1.82, 2.24) is 5.32 Å². The van der Waals surface area contributed by atoms with Gasteiger partial charge in [-0.25, -0.2) is 4.79 Å². The quantitative estimate of drug-likeness (QED) is 0.816. The summed E-state index contributed by atoms with van der Waals surface area (Å²) in [7, 11) is 0. The fourth-order valence-electron chi connectivity index (χ4n) is 2.19. The Hall–Kier alpha value is -2.04. The Balaban J connectivity index is 1.91. The second-order valence-electron chi connectivity index (χ2n) is 4.69. The van der Waals surface area contributed by atoms with Gasteiger partial charge in [0, 0.05) is 5.92 Å². The molecule has 0 aromatic carbocycles. The van der Waals surface area contributed by atoms with Crippen molar-refractivity contribution in [1.29, 1.82) is 0 Å². The summed E-state index contributed by atoms with van der Waals surface area (Å²) >= 11 is 0. The van der Waals surface area contributed by atoms with Gasteiger partial charge in [0.15, 0.2) is 0 Å². The van der Waals surface area contributed by atoms with E-state index in [1.54, 1.807) is 6.92 Å². The number of allylic oxidation sites excluding steroid dienone is 2. The van der Waals surface area contributed by atoms with Gasteiger partial charge in [0.1, 0.15) is 17.1 Å². The van der Waals surface area contributed by atoms with E-state index in [1.165, 1.54) is 6.07 Å². The van der Waals surface area contributed by atoms with Crippen molar-refractivity contribution in [3.63, 3.8) is 0 Å². The number of hydrogen-bond acceptors (Lipinski definition) is 3. The van der Waals surface area contributed by atoms with Crippen LogP contribution in [0.5, 0.6) is 0 Å². The predicted octanol–water partition coefficient (Wildman–Crippen LogP) is 2.26. The van der Waals surface area contributed by atoms with Crippen LogP contribution in [0.3, 0.4) is 0 Å². The molecule has 0 aliphatic heterocycles. The normalized spacial score (nSPS) is 18.3. The van der Waals surface area contributed by atoms with Gasteiger partial charge in [0.25, 0.3) is 0 Å². The Morgan fingerprint density at radius 2 is 2.26 bits per heavy atom. The fraction of sp³-hybridized carbons (Fsp3) is 0.429. The number of furan rings is 1. The molecule has 0 unspecified atom stereocenters. The number of aromatic carboxylic acids is 1. The minimum atomic E-state index is -1.02. The Kier molecular flexibility index (Phi) is 4.04. The number of hydrogen-bond donors (Lipinski definition) is 2. The molecular weight excluding hydrogens is 246 g/mol. The lowest BCUT2D eigenvalue weighted by atomic mass is 9.94. The van der Waals surface area contributed by atoms with Crippen LogP contribution < -0.4 is 5.32 Å². The summed E-state index contributed by atoms with van der Waals surface area (Å²) in [6, 6.07) is 1.46. The first-order valence-electron chi connectivity index (χ1n) is 6.33. The van der Waals surface area contributed by atoms with Crippen LogP contribution in [0.2, 0.25) is 0 Å². The number of rotatable bonds is 4. The molecule has 5 nitrogen and oxygen atoms in total. The van der Waals surface area contributed by atoms with Gasteiger partial charge in [0.05, 0.1) is 6.54 Å². The molecule has 19 heavy (non-hydrogen) atoms. The number of carbonyl (C=O) groups is 2. The van der Waals surface area contributed by atoms with E-state index >= 15 is 0 Å². The van der Waals surface area contributed by atoms with Crippen LogP contribution in [0.4, 0.5) is 0 Å². The first-order chi connectivity index (χ1) is 9.08. The minimum Gasteiger partial charge on any atom is -0.478 e. The molecule has 5 heteroatoms. The van der Waals surface area contributed by atoms with E-state index in [2.05, 4.69) is 11.4 Å². The van der Waals surface area contributed by atoms with Crippen molar-refractivity contribution in [3.05, 3.63) is 35.3 Å². The molecule has 2 rings (SSSR count). The maximum Gasteiger partial charge on any atom is 0.339 e. The minimum absolute atomic E-state index is 0.00437. The second-order valence-corrected chi connectivity index (χ2v) is 4.69. The van der Waals surface area contributed by atoms with E-state index < -0.39 is 5.97 Å². The van der Waals surface area contributed by atoms with Crippen molar-refractivity contribution in [2.45, 2.75) is 32.7 Å². The zero-order valence-corrected chi connectivity index (χ0v) is 10.8. The van der Waals surface area contributed by atoms with Crippen LogP contribution in [-0.4, -0.2) is 17.0 Å². The van der Waals surface area contributed by atoms with Gasteiger partial charge in [-0.05, 0) is 32.3 Å². The summed E-state index contributed by atoms with van der Waals surface area (Å²) in [6.45, 7) is 1.83. The molecule has 0 fully saturated rings. The highest BCUT2D eigenvalue weighted by atomic mass is 16.4. The second kappa shape index (κ2) is 5.73. The standard InChI is InChI=1S/C14H17NO4/c1-9-12(14(17)18)7-11(19-9)8-15-13(16)10-5-3-2-4-6-10/h2-3,7,10H,4-6,8H2,1H3,(H,15,16)(H,17,18)/t10-/m1/s1. The van der Waals surface area contributed by atoms with Crippen LogP contribution in [0.1, 0.15) is 41.1 Å². The van der Waals surface area contributed by atoms with Crippen molar-refractivity contribution < 1.29 is 19.1 Å². The Morgan fingerprint density at radius 1 is 1.47 bits per heavy atom. The fourth-order valence-corrected chi connectivity index (χ4v) is 2.19. The molecule has 0 radical (unpaired) electrons. The average Bonchev–Trinajstić information content (AvgIpc) is 2.78. The molecule has 1 amide bonds. The van der Waals surface area contributed by atoms with Crippen LogP contribution in [0.25, 0.3) is 0 Å². The molecule has 0 saturated carbocycles. The van der Waals surface area contributed by atoms with E-state index in [4.69, 9.17) is 9.52 Å². The summed E-state index contributed by atoms with van der Waals surface area (Å²) in [5.74, 6) is -0.182. The maximum atomic E-state index is 11.9. The largest absolute Gasteiger partial charge is 0.478 e. The molecule has 0 spiro atoms. The maximum absolute atomic E-state index is 11.9. The number of nitrogens with one attached hydrogen (secondary N) is 1. The molecule has 1 aliphatic carbocycles. The predicted molar refractivity (Wildman–Crippen MR) is 68.7 cm³/mol. The highest BCUT2D eigenvalue weighted by Gasteiger charge is 2.19. The van der Waals surface area contributed by atoms with Gasteiger partial charge in [-0.2, -0.15) is 0 Å². The first-order valence-corrected chi connectivity index (χ1v) is 6.33. The van der Waals surface area contributed by atoms with E-state index in [9.17, 15) is 9.59 Å². The Morgan fingerprint density at radius 3 is 2.84 bits per heavy atom. The highest BCUT2D eigenvalue weighted by Crippen LogP contribution is 2.19. The molecule has 1 atom stereocenters. The third-order valence-corrected chi connectivity index (χ3v) is 3.28. The van der Waals surface area contributed by atoms with Crippen molar-refractivity contribution >= 4 is 11.9 Å². The first kappa shape index (κ1) is 13.4. The molecule has 1 aliphatic rings. The third-order valence-electron chi connectivity index (χ3n) is 3.28. The van der Waals surface area contributed by atoms with Crippen LogP contribution in [-0.2, 0) is 11.3 Å². The van der Waals surface area contributed by atoms with Crippen molar-refractivity contribution in [2.75, 3.05) is 0 Å². The van der Waals surface area contributed by atoms with Crippen molar-refractivity contribution in [3.8, 4) is 0 Å². The lowest BCUT2D eigenvalue weighted by molar-refractivity contribution is -0.125. The summed E-state index contributed by atoms with van der Waals surface area (Å²) in [5, 5.41) is 11.7. The molecule has 1 heterocycles. The molecule has 0 bridgehead atoms. The lowest BCUT2D eigenvalue weighted by Crippen LogP contribution is -2.30. The number of amides is 1. The zero-order chi connectivity index (χ0) is 13.8. The van der Waals surface area contributed by atoms with Gasteiger partial charge >= 0.3 is 5.97 Å². The summed E-state index contributed by atoms with van der Waals surface area (Å²) < 4.78 is 5.30. The Labute approximate surface area is 111 Å². The van der Waals surface area contributed by atoms with Crippen LogP contribution >= 0.6 is 0 Å². The van der Waals surface area contributed by atoms with Gasteiger partial charge < -0.3 is 14.8 Å². The topological polar surface area (TPSA) is 79.5 Å². The summed E-state index contributed by atoms with van der Waals surface area (Å²) in [5.41, 5.74) is 0.143. The smallest absolute Gasteiger partial charge is 0.339 e. The molecule has 102 valence electrons. The SMILES string of the molecule is Cc1oc(CNC(=O)[C@@H]2CC=CCC2)cc1C(=O)O. The van der Waals surface area contributed by atoms with Crippen LogP contribution in [0.15, 0.2) is 22.6 Å². The zero-order valence-electron chi connectivity index (χ0n) is 10.8. The van der Waals surface area contributed by atoms with E-state index in [1.807, 2.05) is 6.08 Å². The van der Waals surface area contributed by atoms with Gasteiger partial charge in [-0.1, -0.05) is 12.2 Å². The summed E-state index contributed by atoms with van der Waals surface area (Å²) in [6.07, 6.45) is 6.66. The molecule has 1 aromatic heterocycles. The third kappa shape index (κ3) is 3.24. The van der Waals surface area contributed by atoms with Gasteiger partial charge in [-0.15, -0.1) is 0 Å². The van der Waals surface area contributed by atoms with Crippen LogP contribution in [0, 0.1) is 12.8 Å². The van der Waals surface area contributed by atoms with Gasteiger partial charge in [-0.3, -0.25) is 4.79 Å². The van der Waals surface area contributed by atoms with E-state index in [0.29, 0.717) is 11.5 Å². The molecular formula is C14H17NO4. The van der Waals surface area contributed by atoms with E-state index in [-0.39, 0.29) is 23.9 Å². The number of carboxylic acids is 1. The Bertz CT molecular complexity index is 516. The highest BCUT2D eigenvalue weighted by molar-refractivity contribution is 5.88. The average molecular weight is 263 g/mol. The molecule has 2 N–H and O–H groups in total.